The second-order valence-electron chi connectivity index (χ2n) is 6.54. The van der Waals surface area contributed by atoms with Crippen LogP contribution in [0.4, 0.5) is 4.79 Å². The summed E-state index contributed by atoms with van der Waals surface area (Å²) >= 11 is 0. The van der Waals surface area contributed by atoms with Crippen molar-refractivity contribution < 1.29 is 9.53 Å². The number of likely N-dealkylation sites (tertiary alicyclic amines) is 1. The SMILES string of the molecule is CCOc1ccc([C@@H](C)NC(=O)N2CC[C@@H](CN(C)C)C2)cc1. The molecule has 1 aliphatic rings. The number of nitrogens with zero attached hydrogens (tertiary/aromatic N) is 2. The molecule has 23 heavy (non-hydrogen) atoms. The highest BCUT2D eigenvalue weighted by Crippen LogP contribution is 2.20. The molecular formula is C18H29N3O2. The first kappa shape index (κ1) is 17.6. The highest BCUT2D eigenvalue weighted by Gasteiger charge is 2.27. The van der Waals surface area contributed by atoms with E-state index in [0.717, 1.165) is 37.4 Å². The molecule has 1 saturated heterocycles. The van der Waals surface area contributed by atoms with Gasteiger partial charge in [0.1, 0.15) is 5.75 Å². The van der Waals surface area contributed by atoms with Gasteiger partial charge in [-0.1, -0.05) is 12.1 Å². The summed E-state index contributed by atoms with van der Waals surface area (Å²) in [5, 5.41) is 3.10. The van der Waals surface area contributed by atoms with E-state index < -0.39 is 0 Å². The van der Waals surface area contributed by atoms with Crippen molar-refractivity contribution in [2.45, 2.75) is 26.3 Å². The van der Waals surface area contributed by atoms with Crippen molar-refractivity contribution in [2.75, 3.05) is 40.3 Å². The number of rotatable bonds is 6. The monoisotopic (exact) mass is 319 g/mol. The Morgan fingerprint density at radius 3 is 2.70 bits per heavy atom. The molecule has 1 aliphatic heterocycles. The molecule has 2 atom stereocenters. The van der Waals surface area contributed by atoms with E-state index in [1.54, 1.807) is 0 Å². The lowest BCUT2D eigenvalue weighted by Gasteiger charge is -2.22. The molecular weight excluding hydrogens is 290 g/mol. The fourth-order valence-electron chi connectivity index (χ4n) is 3.06. The molecule has 2 rings (SSSR count). The van der Waals surface area contributed by atoms with Crippen LogP contribution in [0.2, 0.25) is 0 Å². The third-order valence-corrected chi connectivity index (χ3v) is 4.23. The molecule has 0 aromatic heterocycles. The van der Waals surface area contributed by atoms with Crippen LogP contribution in [0.3, 0.4) is 0 Å². The van der Waals surface area contributed by atoms with Gasteiger partial charge in [-0.25, -0.2) is 4.79 Å². The minimum absolute atomic E-state index is 0.00826. The lowest BCUT2D eigenvalue weighted by molar-refractivity contribution is 0.202. The molecule has 5 heteroatoms. The van der Waals surface area contributed by atoms with E-state index in [1.165, 1.54) is 0 Å². The first-order chi connectivity index (χ1) is 11.0. The third-order valence-electron chi connectivity index (χ3n) is 4.23. The lowest BCUT2D eigenvalue weighted by atomic mass is 10.1. The van der Waals surface area contributed by atoms with Crippen LogP contribution in [-0.2, 0) is 0 Å². The van der Waals surface area contributed by atoms with Gasteiger partial charge in [-0.05, 0) is 58.0 Å². The minimum atomic E-state index is -0.00826. The first-order valence-corrected chi connectivity index (χ1v) is 8.42. The van der Waals surface area contributed by atoms with Crippen LogP contribution in [0.15, 0.2) is 24.3 Å². The van der Waals surface area contributed by atoms with Gasteiger partial charge in [-0.2, -0.15) is 0 Å². The number of benzene rings is 1. The summed E-state index contributed by atoms with van der Waals surface area (Å²) in [5.41, 5.74) is 1.09. The zero-order valence-electron chi connectivity index (χ0n) is 14.7. The van der Waals surface area contributed by atoms with E-state index in [9.17, 15) is 4.79 Å². The second-order valence-corrected chi connectivity index (χ2v) is 6.54. The Balaban J connectivity index is 1.85. The molecule has 0 aliphatic carbocycles. The summed E-state index contributed by atoms with van der Waals surface area (Å²) in [7, 11) is 4.16. The van der Waals surface area contributed by atoms with Gasteiger partial charge >= 0.3 is 6.03 Å². The summed E-state index contributed by atoms with van der Waals surface area (Å²) in [6.45, 7) is 7.38. The van der Waals surface area contributed by atoms with Gasteiger partial charge in [0, 0.05) is 19.6 Å². The summed E-state index contributed by atoms with van der Waals surface area (Å²) in [5.74, 6) is 1.44. The fraction of sp³-hybridized carbons (Fsp3) is 0.611. The van der Waals surface area contributed by atoms with E-state index >= 15 is 0 Å². The normalized spacial score (nSPS) is 19.0. The molecule has 0 saturated carbocycles. The number of amides is 2. The molecule has 0 spiro atoms. The highest BCUT2D eigenvalue weighted by molar-refractivity contribution is 5.75. The van der Waals surface area contributed by atoms with Crippen molar-refractivity contribution in [3.05, 3.63) is 29.8 Å². The van der Waals surface area contributed by atoms with Crippen LogP contribution < -0.4 is 10.1 Å². The second kappa shape index (κ2) is 8.20. The van der Waals surface area contributed by atoms with Gasteiger partial charge in [0.25, 0.3) is 0 Å². The Morgan fingerprint density at radius 2 is 2.09 bits per heavy atom. The van der Waals surface area contributed by atoms with Crippen LogP contribution >= 0.6 is 0 Å². The quantitative estimate of drug-likeness (QED) is 0.877. The topological polar surface area (TPSA) is 44.8 Å². The van der Waals surface area contributed by atoms with Crippen molar-refractivity contribution in [1.82, 2.24) is 15.1 Å². The molecule has 1 aromatic carbocycles. The third kappa shape index (κ3) is 5.13. The maximum absolute atomic E-state index is 12.4. The smallest absolute Gasteiger partial charge is 0.317 e. The molecule has 1 aromatic rings. The summed E-state index contributed by atoms with van der Waals surface area (Å²) in [6, 6.07) is 7.94. The molecule has 1 N–H and O–H groups in total. The number of carbonyl (C=O) groups excluding carboxylic acids is 1. The lowest BCUT2D eigenvalue weighted by Crippen LogP contribution is -2.40. The van der Waals surface area contributed by atoms with Crippen LogP contribution in [0.5, 0.6) is 5.75 Å². The summed E-state index contributed by atoms with van der Waals surface area (Å²) in [6.07, 6.45) is 1.09. The average molecular weight is 319 g/mol. The van der Waals surface area contributed by atoms with E-state index in [2.05, 4.69) is 24.3 Å². The molecule has 2 amide bonds. The van der Waals surface area contributed by atoms with Crippen LogP contribution in [0.1, 0.15) is 31.9 Å². The van der Waals surface area contributed by atoms with Gasteiger partial charge in [0.2, 0.25) is 0 Å². The van der Waals surface area contributed by atoms with E-state index in [-0.39, 0.29) is 12.1 Å². The van der Waals surface area contributed by atoms with E-state index in [1.807, 2.05) is 43.0 Å². The van der Waals surface area contributed by atoms with Gasteiger partial charge in [0.15, 0.2) is 0 Å². The van der Waals surface area contributed by atoms with Crippen LogP contribution in [0, 0.1) is 5.92 Å². The standard InChI is InChI=1S/C18H29N3O2/c1-5-23-17-8-6-16(7-9-17)14(2)19-18(22)21-11-10-15(13-21)12-20(3)4/h6-9,14-15H,5,10-13H2,1-4H3,(H,19,22)/t14-,15+/m1/s1. The number of nitrogens with one attached hydrogen (secondary N) is 1. The van der Waals surface area contributed by atoms with Crippen molar-refractivity contribution in [2.24, 2.45) is 5.92 Å². The van der Waals surface area contributed by atoms with Crippen LogP contribution in [-0.4, -0.2) is 56.2 Å². The van der Waals surface area contributed by atoms with Gasteiger partial charge in [-0.3, -0.25) is 0 Å². The number of hydrogen-bond acceptors (Lipinski definition) is 3. The van der Waals surface area contributed by atoms with E-state index in [0.29, 0.717) is 12.5 Å². The number of hydrogen-bond donors (Lipinski definition) is 1. The zero-order chi connectivity index (χ0) is 16.8. The Hall–Kier alpha value is -1.75. The minimum Gasteiger partial charge on any atom is -0.494 e. The molecule has 1 fully saturated rings. The summed E-state index contributed by atoms with van der Waals surface area (Å²) in [4.78, 5) is 16.5. The number of ether oxygens (including phenoxy) is 1. The molecule has 5 nitrogen and oxygen atoms in total. The van der Waals surface area contributed by atoms with Crippen molar-refractivity contribution >= 4 is 6.03 Å². The van der Waals surface area contributed by atoms with Gasteiger partial charge in [0.05, 0.1) is 12.6 Å². The average Bonchev–Trinajstić information content (AvgIpc) is 2.96. The van der Waals surface area contributed by atoms with Crippen molar-refractivity contribution in [3.63, 3.8) is 0 Å². The Morgan fingerprint density at radius 1 is 1.39 bits per heavy atom. The maximum atomic E-state index is 12.4. The predicted molar refractivity (Wildman–Crippen MR) is 92.8 cm³/mol. The number of carbonyl (C=O) groups is 1. The predicted octanol–water partition coefficient (Wildman–Crippen LogP) is 2.74. The number of urea groups is 1. The largest absolute Gasteiger partial charge is 0.494 e. The Labute approximate surface area is 139 Å². The molecule has 1 heterocycles. The molecule has 0 radical (unpaired) electrons. The van der Waals surface area contributed by atoms with Gasteiger partial charge < -0.3 is 19.9 Å². The summed E-state index contributed by atoms with van der Waals surface area (Å²) < 4.78 is 5.45. The first-order valence-electron chi connectivity index (χ1n) is 8.42. The highest BCUT2D eigenvalue weighted by atomic mass is 16.5. The maximum Gasteiger partial charge on any atom is 0.317 e. The van der Waals surface area contributed by atoms with E-state index in [4.69, 9.17) is 4.74 Å². The Kier molecular flexibility index (Phi) is 6.28. The zero-order valence-corrected chi connectivity index (χ0v) is 14.7. The Bertz CT molecular complexity index is 501. The fourth-order valence-corrected chi connectivity index (χ4v) is 3.06. The van der Waals surface area contributed by atoms with Crippen molar-refractivity contribution in [1.29, 1.82) is 0 Å². The van der Waals surface area contributed by atoms with Gasteiger partial charge in [-0.15, -0.1) is 0 Å². The van der Waals surface area contributed by atoms with Crippen LogP contribution in [0.25, 0.3) is 0 Å². The molecule has 128 valence electrons. The molecule has 0 unspecified atom stereocenters. The van der Waals surface area contributed by atoms with Crippen molar-refractivity contribution in [3.8, 4) is 5.75 Å². The molecule has 0 bridgehead atoms.